The van der Waals surface area contributed by atoms with Crippen molar-refractivity contribution in [3.63, 3.8) is 0 Å². The van der Waals surface area contributed by atoms with Crippen LogP contribution in [-0.4, -0.2) is 57.9 Å². The van der Waals surface area contributed by atoms with E-state index in [0.717, 1.165) is 5.69 Å². The number of aromatic amines is 1. The minimum absolute atomic E-state index is 0.0710. The number of aromatic nitrogens is 2. The number of carbonyl (C=O) groups excluding carboxylic acids is 3. The van der Waals surface area contributed by atoms with E-state index in [9.17, 15) is 14.4 Å². The van der Waals surface area contributed by atoms with Gasteiger partial charge in [-0.2, -0.15) is 0 Å². The second-order valence-electron chi connectivity index (χ2n) is 7.75. The third kappa shape index (κ3) is 5.93. The number of hydrogen-bond donors (Lipinski definition) is 2. The van der Waals surface area contributed by atoms with Crippen LogP contribution in [-0.2, 0) is 11.2 Å². The van der Waals surface area contributed by atoms with Gasteiger partial charge in [-0.25, -0.2) is 9.59 Å². The number of rotatable bonds is 9. The molecule has 2 rings (SSSR count). The second kappa shape index (κ2) is 10.7. The van der Waals surface area contributed by atoms with Gasteiger partial charge >= 0.3 is 12.0 Å². The molecule has 0 saturated heterocycles. The number of nitrogens with zero attached hydrogens (tertiary/aromatic N) is 2. The minimum Gasteiger partial charge on any atom is -0.461 e. The average molecular weight is 429 g/mol. The standard InChI is InChI=1S/C23H32N4O4/c1-7-31-22(29)20-15(4)19(16(5)26-20)21(28)17(6)27(23(30)25-14(2)3)13-11-18-10-8-9-12-24-18/h8-10,12,14,17,26H,7,11,13H2,1-6H3,(H,25,30). The molecule has 168 valence electrons. The maximum atomic E-state index is 13.4. The van der Waals surface area contributed by atoms with Crippen molar-refractivity contribution in [2.75, 3.05) is 13.2 Å². The van der Waals surface area contributed by atoms with Crippen LogP contribution in [0, 0.1) is 13.8 Å². The van der Waals surface area contributed by atoms with Gasteiger partial charge in [0.1, 0.15) is 5.69 Å². The van der Waals surface area contributed by atoms with E-state index in [2.05, 4.69) is 15.3 Å². The van der Waals surface area contributed by atoms with Crippen molar-refractivity contribution < 1.29 is 19.1 Å². The number of pyridine rings is 1. The van der Waals surface area contributed by atoms with Crippen LogP contribution >= 0.6 is 0 Å². The SMILES string of the molecule is CCOC(=O)c1[nH]c(C)c(C(=O)C(C)N(CCc2ccccn2)C(=O)NC(C)C)c1C. The predicted molar refractivity (Wildman–Crippen MR) is 118 cm³/mol. The van der Waals surface area contributed by atoms with E-state index in [1.807, 2.05) is 32.0 Å². The average Bonchev–Trinajstić information content (AvgIpc) is 3.02. The van der Waals surface area contributed by atoms with Gasteiger partial charge in [-0.15, -0.1) is 0 Å². The highest BCUT2D eigenvalue weighted by Gasteiger charge is 2.31. The molecule has 2 heterocycles. The predicted octanol–water partition coefficient (Wildman–Crippen LogP) is 3.44. The van der Waals surface area contributed by atoms with Crippen LogP contribution in [0.15, 0.2) is 24.4 Å². The van der Waals surface area contributed by atoms with E-state index in [1.165, 1.54) is 4.90 Å². The molecule has 2 aromatic heterocycles. The Morgan fingerprint density at radius 2 is 1.90 bits per heavy atom. The summed E-state index contributed by atoms with van der Waals surface area (Å²) in [5.41, 5.74) is 2.62. The molecule has 0 saturated carbocycles. The Bertz CT molecular complexity index is 921. The molecule has 0 aliphatic heterocycles. The zero-order valence-electron chi connectivity index (χ0n) is 19.1. The monoisotopic (exact) mass is 428 g/mol. The van der Waals surface area contributed by atoms with Gasteiger partial charge in [-0.3, -0.25) is 9.78 Å². The smallest absolute Gasteiger partial charge is 0.355 e. The number of carbonyl (C=O) groups is 3. The molecule has 8 heteroatoms. The van der Waals surface area contributed by atoms with Gasteiger partial charge in [-0.05, 0) is 59.2 Å². The minimum atomic E-state index is -0.731. The van der Waals surface area contributed by atoms with Crippen molar-refractivity contribution in [3.8, 4) is 0 Å². The number of H-pyrrole nitrogens is 1. The number of nitrogens with one attached hydrogen (secondary N) is 2. The molecular formula is C23H32N4O4. The first-order chi connectivity index (χ1) is 14.7. The van der Waals surface area contributed by atoms with Crippen LogP contribution in [0.5, 0.6) is 0 Å². The van der Waals surface area contributed by atoms with Gasteiger partial charge < -0.3 is 19.9 Å². The molecule has 0 spiro atoms. The first kappa shape index (κ1) is 24.1. The Morgan fingerprint density at radius 1 is 1.19 bits per heavy atom. The van der Waals surface area contributed by atoms with Gasteiger partial charge in [-0.1, -0.05) is 6.07 Å². The Labute approximate surface area is 183 Å². The molecule has 0 fully saturated rings. The molecular weight excluding hydrogens is 396 g/mol. The summed E-state index contributed by atoms with van der Waals surface area (Å²) in [6.45, 7) is 11.2. The third-order valence-electron chi connectivity index (χ3n) is 5.02. The maximum absolute atomic E-state index is 13.4. The molecule has 2 amide bonds. The van der Waals surface area contributed by atoms with Crippen LogP contribution in [0.4, 0.5) is 4.79 Å². The lowest BCUT2D eigenvalue weighted by molar-refractivity contribution is 0.0519. The molecule has 2 N–H and O–H groups in total. The van der Waals surface area contributed by atoms with Crippen LogP contribution in [0.25, 0.3) is 0 Å². The lowest BCUT2D eigenvalue weighted by atomic mass is 9.99. The van der Waals surface area contributed by atoms with Gasteiger partial charge in [0.05, 0.1) is 12.6 Å². The summed E-state index contributed by atoms with van der Waals surface area (Å²) in [6.07, 6.45) is 2.22. The molecule has 0 radical (unpaired) electrons. The highest BCUT2D eigenvalue weighted by molar-refractivity contribution is 6.06. The van der Waals surface area contributed by atoms with E-state index < -0.39 is 12.0 Å². The van der Waals surface area contributed by atoms with Gasteiger partial charge in [0.25, 0.3) is 0 Å². The number of aryl methyl sites for hydroxylation is 1. The summed E-state index contributed by atoms with van der Waals surface area (Å²) in [5.74, 6) is -0.735. The fourth-order valence-electron chi connectivity index (χ4n) is 3.46. The normalized spacial score (nSPS) is 11.8. The van der Waals surface area contributed by atoms with Crippen LogP contribution in [0.2, 0.25) is 0 Å². The highest BCUT2D eigenvalue weighted by atomic mass is 16.5. The quantitative estimate of drug-likeness (QED) is 0.470. The number of urea groups is 1. The number of ketones is 1. The Balaban J connectivity index is 2.30. The second-order valence-corrected chi connectivity index (χ2v) is 7.75. The number of hydrogen-bond acceptors (Lipinski definition) is 5. The molecule has 31 heavy (non-hydrogen) atoms. The summed E-state index contributed by atoms with van der Waals surface area (Å²) in [6, 6.07) is 4.49. The van der Waals surface area contributed by atoms with Crippen molar-refractivity contribution in [2.45, 2.75) is 60.0 Å². The number of ether oxygens (including phenoxy) is 1. The Morgan fingerprint density at radius 3 is 2.48 bits per heavy atom. The highest BCUT2D eigenvalue weighted by Crippen LogP contribution is 2.22. The maximum Gasteiger partial charge on any atom is 0.355 e. The number of esters is 1. The summed E-state index contributed by atoms with van der Waals surface area (Å²) in [7, 11) is 0. The van der Waals surface area contributed by atoms with Crippen molar-refractivity contribution >= 4 is 17.8 Å². The van der Waals surface area contributed by atoms with E-state index in [1.54, 1.807) is 33.9 Å². The Hall–Kier alpha value is -3.16. The largest absolute Gasteiger partial charge is 0.461 e. The van der Waals surface area contributed by atoms with Crippen molar-refractivity contribution in [1.29, 1.82) is 0 Å². The third-order valence-corrected chi connectivity index (χ3v) is 5.02. The van der Waals surface area contributed by atoms with E-state index in [-0.39, 0.29) is 30.2 Å². The first-order valence-electron chi connectivity index (χ1n) is 10.5. The van der Waals surface area contributed by atoms with E-state index in [0.29, 0.717) is 29.8 Å². The molecule has 0 aliphatic carbocycles. The van der Waals surface area contributed by atoms with Crippen molar-refractivity contribution in [2.24, 2.45) is 0 Å². The zero-order valence-corrected chi connectivity index (χ0v) is 19.1. The summed E-state index contributed by atoms with van der Waals surface area (Å²) in [4.78, 5) is 47.3. The van der Waals surface area contributed by atoms with Crippen LogP contribution in [0.3, 0.4) is 0 Å². The van der Waals surface area contributed by atoms with E-state index in [4.69, 9.17) is 4.74 Å². The van der Waals surface area contributed by atoms with Crippen LogP contribution in [0.1, 0.15) is 65.5 Å². The fourth-order valence-corrected chi connectivity index (χ4v) is 3.46. The summed E-state index contributed by atoms with van der Waals surface area (Å²) < 4.78 is 5.07. The lowest BCUT2D eigenvalue weighted by Gasteiger charge is -2.29. The van der Waals surface area contributed by atoms with Gasteiger partial charge in [0.2, 0.25) is 0 Å². The van der Waals surface area contributed by atoms with Gasteiger partial charge in [0.15, 0.2) is 5.78 Å². The first-order valence-corrected chi connectivity index (χ1v) is 10.5. The molecule has 0 aliphatic rings. The molecule has 0 aromatic carbocycles. The molecule has 2 aromatic rings. The summed E-state index contributed by atoms with van der Waals surface area (Å²) >= 11 is 0. The number of Topliss-reactive ketones (excluding diaryl/α,β-unsaturated/α-hetero) is 1. The molecule has 1 atom stereocenters. The molecule has 0 bridgehead atoms. The fraction of sp³-hybridized carbons (Fsp3) is 0.478. The topological polar surface area (TPSA) is 104 Å². The van der Waals surface area contributed by atoms with Gasteiger partial charge in [0, 0.05) is 42.2 Å². The lowest BCUT2D eigenvalue weighted by Crippen LogP contribution is -2.50. The van der Waals surface area contributed by atoms with Crippen LogP contribution < -0.4 is 5.32 Å². The van der Waals surface area contributed by atoms with E-state index >= 15 is 0 Å². The van der Waals surface area contributed by atoms with Crippen molar-refractivity contribution in [1.82, 2.24) is 20.2 Å². The van der Waals surface area contributed by atoms with Crippen molar-refractivity contribution in [3.05, 3.63) is 52.6 Å². The molecule has 1 unspecified atom stereocenters. The summed E-state index contributed by atoms with van der Waals surface area (Å²) in [5, 5.41) is 2.87. The Kier molecular flexibility index (Phi) is 8.36. The molecule has 8 nitrogen and oxygen atoms in total. The number of amides is 2. The zero-order chi connectivity index (χ0) is 23.1.